The van der Waals surface area contributed by atoms with Crippen molar-refractivity contribution in [3.8, 4) is 0 Å². The molecule has 1 fully saturated rings. The molecule has 2 aliphatic heterocycles. The van der Waals surface area contributed by atoms with Crippen molar-refractivity contribution in [2.24, 2.45) is 16.3 Å². The summed E-state index contributed by atoms with van der Waals surface area (Å²) in [5, 5.41) is 4.02. The van der Waals surface area contributed by atoms with Crippen molar-refractivity contribution < 1.29 is 19.1 Å². The minimum absolute atomic E-state index is 0.0173. The summed E-state index contributed by atoms with van der Waals surface area (Å²) in [6, 6.07) is 2.01. The van der Waals surface area contributed by atoms with Crippen LogP contribution in [-0.2, 0) is 19.1 Å². The van der Waals surface area contributed by atoms with Crippen molar-refractivity contribution in [3.63, 3.8) is 0 Å². The second-order valence-electron chi connectivity index (χ2n) is 8.83. The third kappa shape index (κ3) is 3.72. The molecule has 1 aromatic heterocycles. The molecule has 28 heavy (non-hydrogen) atoms. The van der Waals surface area contributed by atoms with Gasteiger partial charge in [0.05, 0.1) is 6.10 Å². The van der Waals surface area contributed by atoms with Gasteiger partial charge in [-0.3, -0.25) is 14.6 Å². The maximum atomic E-state index is 13.1. The normalized spacial score (nSPS) is 29.5. The molecule has 1 aliphatic carbocycles. The number of carbonyl (C=O) groups excluding carboxylic acids is 2. The Bertz CT molecular complexity index is 831. The first kappa shape index (κ1) is 19.5. The lowest BCUT2D eigenvalue weighted by molar-refractivity contribution is -0.149. The van der Waals surface area contributed by atoms with Gasteiger partial charge in [0.2, 0.25) is 0 Å². The summed E-state index contributed by atoms with van der Waals surface area (Å²) in [4.78, 5) is 30.9. The van der Waals surface area contributed by atoms with Gasteiger partial charge in [-0.15, -0.1) is 0 Å². The molecule has 0 radical (unpaired) electrons. The van der Waals surface area contributed by atoms with E-state index in [0.717, 1.165) is 42.8 Å². The van der Waals surface area contributed by atoms with Crippen LogP contribution >= 0.6 is 11.3 Å². The van der Waals surface area contributed by atoms with Gasteiger partial charge in [-0.1, -0.05) is 13.8 Å². The van der Waals surface area contributed by atoms with Crippen molar-refractivity contribution in [2.45, 2.75) is 58.5 Å². The number of ketones is 1. The van der Waals surface area contributed by atoms with E-state index in [1.807, 2.05) is 23.8 Å². The van der Waals surface area contributed by atoms with E-state index in [-0.39, 0.29) is 35.8 Å². The number of allylic oxidation sites excluding steroid dienone is 2. The summed E-state index contributed by atoms with van der Waals surface area (Å²) >= 11 is 1.58. The lowest BCUT2D eigenvalue weighted by atomic mass is 9.67. The summed E-state index contributed by atoms with van der Waals surface area (Å²) < 4.78 is 11.2. The van der Waals surface area contributed by atoms with Crippen LogP contribution in [0, 0.1) is 11.3 Å². The number of rotatable bonds is 4. The Balaban J connectivity index is 1.66. The van der Waals surface area contributed by atoms with Gasteiger partial charge in [0, 0.05) is 35.9 Å². The molecule has 3 aliphatic rings. The van der Waals surface area contributed by atoms with Gasteiger partial charge in [-0.25, -0.2) is 0 Å². The van der Waals surface area contributed by atoms with Gasteiger partial charge in [-0.2, -0.15) is 11.3 Å². The third-order valence-corrected chi connectivity index (χ3v) is 6.60. The van der Waals surface area contributed by atoms with Crippen LogP contribution in [0.15, 0.2) is 33.1 Å². The highest BCUT2D eigenvalue weighted by atomic mass is 32.1. The Morgan fingerprint density at radius 1 is 1.39 bits per heavy atom. The van der Waals surface area contributed by atoms with Gasteiger partial charge in [-0.05, 0) is 54.0 Å². The maximum absolute atomic E-state index is 13.1. The van der Waals surface area contributed by atoms with Gasteiger partial charge in [0.25, 0.3) is 0 Å². The number of carbonyl (C=O) groups is 2. The molecule has 150 valence electrons. The zero-order valence-electron chi connectivity index (χ0n) is 16.7. The van der Waals surface area contributed by atoms with Crippen LogP contribution in [0.25, 0.3) is 0 Å². The van der Waals surface area contributed by atoms with E-state index in [1.165, 1.54) is 0 Å². The molecule has 0 saturated carbocycles. The average molecular weight is 402 g/mol. The van der Waals surface area contributed by atoms with E-state index >= 15 is 0 Å². The first-order valence-electron chi connectivity index (χ1n) is 9.97. The van der Waals surface area contributed by atoms with Crippen LogP contribution in [0.1, 0.15) is 57.9 Å². The average Bonchev–Trinajstić information content (AvgIpc) is 3.31. The molecule has 1 unspecified atom stereocenters. The molecular weight excluding hydrogens is 374 g/mol. The van der Waals surface area contributed by atoms with Crippen LogP contribution in [0.5, 0.6) is 0 Å². The van der Waals surface area contributed by atoms with Gasteiger partial charge in [0.15, 0.2) is 5.78 Å². The second-order valence-corrected chi connectivity index (χ2v) is 9.61. The van der Waals surface area contributed by atoms with E-state index in [1.54, 1.807) is 11.3 Å². The van der Waals surface area contributed by atoms with Crippen molar-refractivity contribution in [3.05, 3.63) is 33.7 Å². The number of esters is 1. The van der Waals surface area contributed by atoms with Crippen molar-refractivity contribution in [1.82, 2.24) is 0 Å². The Kier molecular flexibility index (Phi) is 5.27. The molecule has 0 N–H and O–H groups in total. The summed E-state index contributed by atoms with van der Waals surface area (Å²) in [5.41, 5.74) is 3.18. The number of Topliss-reactive ketones (excluding diaryl/α,β-unsaturated/α-hetero) is 1. The van der Waals surface area contributed by atoms with Gasteiger partial charge >= 0.3 is 5.97 Å². The molecule has 0 aromatic carbocycles. The second kappa shape index (κ2) is 7.56. The largest absolute Gasteiger partial charge is 0.462 e. The molecule has 5 nitrogen and oxygen atoms in total. The highest BCUT2D eigenvalue weighted by molar-refractivity contribution is 7.08. The van der Waals surface area contributed by atoms with Crippen LogP contribution in [-0.4, -0.2) is 36.8 Å². The van der Waals surface area contributed by atoms with Crippen molar-refractivity contribution in [1.29, 1.82) is 0 Å². The lowest BCUT2D eigenvalue weighted by Gasteiger charge is -2.38. The minimum atomic E-state index is -0.556. The number of nitrogens with zero attached hydrogens (tertiary/aromatic N) is 1. The van der Waals surface area contributed by atoms with Crippen LogP contribution in [0.2, 0.25) is 0 Å². The molecule has 0 amide bonds. The predicted molar refractivity (Wildman–Crippen MR) is 109 cm³/mol. The summed E-state index contributed by atoms with van der Waals surface area (Å²) in [7, 11) is 0. The molecule has 0 bridgehead atoms. The Hall–Kier alpha value is -1.79. The number of thiophene rings is 1. The summed E-state index contributed by atoms with van der Waals surface area (Å²) in [6.45, 7) is 7.07. The molecule has 1 aromatic rings. The van der Waals surface area contributed by atoms with E-state index in [0.29, 0.717) is 12.0 Å². The maximum Gasteiger partial charge on any atom is 0.315 e. The van der Waals surface area contributed by atoms with E-state index in [4.69, 9.17) is 14.5 Å². The van der Waals surface area contributed by atoms with Crippen LogP contribution in [0.4, 0.5) is 0 Å². The number of hydrogen-bond donors (Lipinski definition) is 0. The van der Waals surface area contributed by atoms with Crippen molar-refractivity contribution >= 4 is 28.8 Å². The molecule has 1 saturated heterocycles. The first-order valence-corrected chi connectivity index (χ1v) is 10.9. The molecule has 0 spiro atoms. The first-order chi connectivity index (χ1) is 13.4. The molecule has 4 rings (SSSR count). The Morgan fingerprint density at radius 3 is 2.89 bits per heavy atom. The highest BCUT2D eigenvalue weighted by Gasteiger charge is 2.46. The fraction of sp³-hybridized carbons (Fsp3) is 0.591. The number of hydrogen-bond acceptors (Lipinski definition) is 6. The molecule has 6 heteroatoms. The topological polar surface area (TPSA) is 65.0 Å². The van der Waals surface area contributed by atoms with E-state index in [2.05, 4.69) is 13.8 Å². The van der Waals surface area contributed by atoms with E-state index < -0.39 is 5.92 Å². The van der Waals surface area contributed by atoms with Crippen LogP contribution in [0.3, 0.4) is 0 Å². The van der Waals surface area contributed by atoms with Crippen LogP contribution < -0.4 is 0 Å². The highest BCUT2D eigenvalue weighted by Crippen LogP contribution is 2.48. The van der Waals surface area contributed by atoms with Crippen molar-refractivity contribution in [2.75, 3.05) is 13.2 Å². The zero-order chi connectivity index (χ0) is 19.9. The third-order valence-electron chi connectivity index (χ3n) is 5.89. The number of aliphatic imine (C=N–C) groups is 1. The fourth-order valence-corrected chi connectivity index (χ4v) is 5.30. The summed E-state index contributed by atoms with van der Waals surface area (Å²) in [6.07, 6.45) is 3.14. The monoisotopic (exact) mass is 401 g/mol. The fourth-order valence-electron chi connectivity index (χ4n) is 4.60. The minimum Gasteiger partial charge on any atom is -0.462 e. The Morgan fingerprint density at radius 2 is 2.21 bits per heavy atom. The molecule has 3 atom stereocenters. The predicted octanol–water partition coefficient (Wildman–Crippen LogP) is 4.29. The van der Waals surface area contributed by atoms with Gasteiger partial charge in [0.1, 0.15) is 12.5 Å². The Labute approximate surface area is 169 Å². The molecule has 3 heterocycles. The summed E-state index contributed by atoms with van der Waals surface area (Å²) in [5.74, 6) is -1.06. The lowest BCUT2D eigenvalue weighted by Crippen LogP contribution is -2.40. The SMILES string of the molecule is CC1=NC2=C(C(=O)CC(C)(C)C2)[C@@H](c2ccsc2)C1C(=O)OC[C@@H]1CCCO1. The zero-order valence-corrected chi connectivity index (χ0v) is 17.5. The van der Waals surface area contributed by atoms with Gasteiger partial charge < -0.3 is 9.47 Å². The smallest absolute Gasteiger partial charge is 0.315 e. The quantitative estimate of drug-likeness (QED) is 0.706. The molecular formula is C22H27NO4S. The standard InChI is InChI=1S/C22H27NO4S/c1-13-18(21(25)27-11-15-5-4-7-26-15)19(14-6-8-28-12-14)20-16(23-13)9-22(2,3)10-17(20)24/h6,8,12,15,18-19H,4-5,7,9-11H2,1-3H3/t15-,18?,19-/m0/s1. The van der Waals surface area contributed by atoms with E-state index in [9.17, 15) is 9.59 Å². The number of ether oxygens (including phenoxy) is 2.